The number of alkyl halides is 3. The van der Waals surface area contributed by atoms with Crippen molar-refractivity contribution in [3.05, 3.63) is 36.8 Å². The van der Waals surface area contributed by atoms with Crippen LogP contribution in [0.3, 0.4) is 0 Å². The molecular formula is C18H24F3N5O2. The van der Waals surface area contributed by atoms with E-state index in [1.165, 1.54) is 0 Å². The molecule has 2 heterocycles. The first-order chi connectivity index (χ1) is 13.1. The van der Waals surface area contributed by atoms with E-state index in [-0.39, 0.29) is 25.3 Å². The highest BCUT2D eigenvalue weighted by Crippen LogP contribution is 2.30. The molecule has 154 valence electrons. The topological polar surface area (TPSA) is 70.6 Å². The van der Waals surface area contributed by atoms with Crippen molar-refractivity contribution in [2.45, 2.75) is 38.8 Å². The summed E-state index contributed by atoms with van der Waals surface area (Å²) in [7, 11) is 1.78. The van der Waals surface area contributed by atoms with Crippen LogP contribution in [0.1, 0.15) is 24.2 Å². The number of nitrogens with one attached hydrogen (secondary N) is 1. The monoisotopic (exact) mass is 399 g/mol. The van der Waals surface area contributed by atoms with Gasteiger partial charge in [-0.2, -0.15) is 0 Å². The van der Waals surface area contributed by atoms with Crippen molar-refractivity contribution in [1.82, 2.24) is 15.3 Å². The average Bonchev–Trinajstić information content (AvgIpc) is 2.65. The minimum atomic E-state index is -4.63. The molecule has 0 saturated carbocycles. The van der Waals surface area contributed by atoms with Crippen LogP contribution in [-0.2, 0) is 16.1 Å². The number of nitrogens with zero attached hydrogens (tertiary/aromatic N) is 4. The highest BCUT2D eigenvalue weighted by atomic mass is 19.4. The van der Waals surface area contributed by atoms with Crippen molar-refractivity contribution in [2.24, 2.45) is 0 Å². The lowest BCUT2D eigenvalue weighted by Gasteiger charge is -2.34. The van der Waals surface area contributed by atoms with E-state index in [1.54, 1.807) is 18.1 Å². The summed E-state index contributed by atoms with van der Waals surface area (Å²) in [6, 6.07) is 0. The van der Waals surface area contributed by atoms with Gasteiger partial charge in [0, 0.05) is 25.7 Å². The quantitative estimate of drug-likeness (QED) is 0.711. The summed E-state index contributed by atoms with van der Waals surface area (Å²) in [5, 5.41) is 2.63. The Morgan fingerprint density at radius 2 is 2.00 bits per heavy atom. The summed E-state index contributed by atoms with van der Waals surface area (Å²) in [6.07, 6.45) is -2.28. The van der Waals surface area contributed by atoms with Crippen LogP contribution in [0.15, 0.2) is 25.4 Å². The number of anilines is 2. The average molecular weight is 399 g/mol. The zero-order valence-corrected chi connectivity index (χ0v) is 15.9. The van der Waals surface area contributed by atoms with Gasteiger partial charge >= 0.3 is 6.36 Å². The number of piperidine rings is 1. The van der Waals surface area contributed by atoms with Crippen molar-refractivity contribution in [3.63, 3.8) is 0 Å². The summed E-state index contributed by atoms with van der Waals surface area (Å²) >= 11 is 0. The van der Waals surface area contributed by atoms with Gasteiger partial charge < -0.3 is 15.1 Å². The SMILES string of the molecule is C=CC(=O)NCc1nc(N(C)C=C)c(C)c(N2CCC(OC(F)(F)F)CC2)n1. The third kappa shape index (κ3) is 5.69. The summed E-state index contributed by atoms with van der Waals surface area (Å²) in [6.45, 7) is 9.80. The first kappa shape index (κ1) is 21.7. The van der Waals surface area contributed by atoms with Crippen LogP contribution in [0.5, 0.6) is 0 Å². The van der Waals surface area contributed by atoms with Crippen LogP contribution in [0.25, 0.3) is 0 Å². The molecule has 1 aromatic rings. The van der Waals surface area contributed by atoms with Gasteiger partial charge in [0.25, 0.3) is 0 Å². The van der Waals surface area contributed by atoms with Gasteiger partial charge in [0.15, 0.2) is 5.82 Å². The maximum absolute atomic E-state index is 12.4. The smallest absolute Gasteiger partial charge is 0.356 e. The molecule has 1 aliphatic rings. The maximum atomic E-state index is 12.4. The molecule has 1 N–H and O–H groups in total. The van der Waals surface area contributed by atoms with Gasteiger partial charge in [0.05, 0.1) is 12.6 Å². The molecule has 28 heavy (non-hydrogen) atoms. The largest absolute Gasteiger partial charge is 0.522 e. The van der Waals surface area contributed by atoms with E-state index >= 15 is 0 Å². The van der Waals surface area contributed by atoms with Crippen LogP contribution < -0.4 is 15.1 Å². The Morgan fingerprint density at radius 3 is 2.54 bits per heavy atom. The third-order valence-corrected chi connectivity index (χ3v) is 4.40. The summed E-state index contributed by atoms with van der Waals surface area (Å²) < 4.78 is 41.4. The van der Waals surface area contributed by atoms with Crippen molar-refractivity contribution in [2.75, 3.05) is 29.9 Å². The molecule has 0 aliphatic carbocycles. The second-order valence-corrected chi connectivity index (χ2v) is 6.38. The van der Waals surface area contributed by atoms with E-state index in [4.69, 9.17) is 0 Å². The molecule has 1 saturated heterocycles. The minimum Gasteiger partial charge on any atom is -0.356 e. The summed E-state index contributed by atoms with van der Waals surface area (Å²) in [4.78, 5) is 24.1. The van der Waals surface area contributed by atoms with Gasteiger partial charge in [-0.25, -0.2) is 9.97 Å². The Hall–Kier alpha value is -2.62. The van der Waals surface area contributed by atoms with E-state index in [0.717, 1.165) is 11.6 Å². The fraction of sp³-hybridized carbons (Fsp3) is 0.500. The van der Waals surface area contributed by atoms with Gasteiger partial charge in [-0.3, -0.25) is 9.53 Å². The number of amides is 1. The highest BCUT2D eigenvalue weighted by Gasteiger charge is 2.35. The number of hydrogen-bond donors (Lipinski definition) is 1. The predicted octanol–water partition coefficient (Wildman–Crippen LogP) is 2.67. The number of ether oxygens (including phenoxy) is 1. The highest BCUT2D eigenvalue weighted by molar-refractivity contribution is 5.86. The zero-order chi connectivity index (χ0) is 20.9. The van der Waals surface area contributed by atoms with Gasteiger partial charge in [-0.1, -0.05) is 13.2 Å². The molecule has 10 heteroatoms. The van der Waals surface area contributed by atoms with Crippen LogP contribution in [0.4, 0.5) is 24.8 Å². The number of carbonyl (C=O) groups is 1. The molecule has 1 amide bonds. The zero-order valence-electron chi connectivity index (χ0n) is 15.9. The van der Waals surface area contributed by atoms with Gasteiger partial charge in [0.1, 0.15) is 11.6 Å². The van der Waals surface area contributed by atoms with Crippen molar-refractivity contribution >= 4 is 17.5 Å². The van der Waals surface area contributed by atoms with Crippen LogP contribution in [-0.4, -0.2) is 48.5 Å². The maximum Gasteiger partial charge on any atom is 0.522 e. The van der Waals surface area contributed by atoms with Gasteiger partial charge in [0.2, 0.25) is 5.91 Å². The van der Waals surface area contributed by atoms with Crippen molar-refractivity contribution < 1.29 is 22.7 Å². The Kier molecular flexibility index (Phi) is 7.00. The lowest BCUT2D eigenvalue weighted by Crippen LogP contribution is -2.40. The molecule has 0 aromatic carbocycles. The Labute approximate surface area is 161 Å². The van der Waals surface area contributed by atoms with Gasteiger partial charge in [-0.15, -0.1) is 13.2 Å². The number of rotatable bonds is 7. The van der Waals surface area contributed by atoms with Crippen molar-refractivity contribution in [1.29, 1.82) is 0 Å². The fourth-order valence-corrected chi connectivity index (χ4v) is 2.97. The number of hydrogen-bond acceptors (Lipinski definition) is 6. The number of halogens is 3. The lowest BCUT2D eigenvalue weighted by atomic mass is 10.1. The standard InChI is InChI=1S/C18H24F3N5O2/c1-5-15(27)22-11-14-23-16(25(4)6-2)12(3)17(24-14)26-9-7-13(8-10-26)28-18(19,20)21/h5-6,13H,1-2,7-11H2,3-4H3,(H,22,27). The predicted molar refractivity (Wildman–Crippen MR) is 99.8 cm³/mol. The molecule has 1 fully saturated rings. The van der Waals surface area contributed by atoms with Crippen LogP contribution >= 0.6 is 0 Å². The van der Waals surface area contributed by atoms with E-state index in [1.807, 2.05) is 11.8 Å². The summed E-state index contributed by atoms with van der Waals surface area (Å²) in [5.74, 6) is 1.26. The molecule has 2 rings (SSSR count). The van der Waals surface area contributed by atoms with E-state index in [2.05, 4.69) is 33.2 Å². The molecule has 0 spiro atoms. The van der Waals surface area contributed by atoms with Crippen LogP contribution in [0.2, 0.25) is 0 Å². The fourth-order valence-electron chi connectivity index (χ4n) is 2.97. The molecule has 0 radical (unpaired) electrons. The normalized spacial score (nSPS) is 15.2. The van der Waals surface area contributed by atoms with E-state index in [9.17, 15) is 18.0 Å². The third-order valence-electron chi connectivity index (χ3n) is 4.40. The molecule has 0 bridgehead atoms. The molecule has 7 nitrogen and oxygen atoms in total. The van der Waals surface area contributed by atoms with Crippen molar-refractivity contribution in [3.8, 4) is 0 Å². The van der Waals surface area contributed by atoms with E-state index < -0.39 is 12.5 Å². The Bertz CT molecular complexity index is 731. The summed E-state index contributed by atoms with van der Waals surface area (Å²) in [5.41, 5.74) is 0.774. The first-order valence-electron chi connectivity index (χ1n) is 8.77. The number of carbonyl (C=O) groups excluding carboxylic acids is 1. The lowest BCUT2D eigenvalue weighted by molar-refractivity contribution is -0.344. The molecular weight excluding hydrogens is 375 g/mol. The van der Waals surface area contributed by atoms with E-state index in [0.29, 0.717) is 30.5 Å². The van der Waals surface area contributed by atoms with Gasteiger partial charge in [-0.05, 0) is 32.0 Å². The minimum absolute atomic E-state index is 0.101. The Balaban J connectivity index is 2.23. The van der Waals surface area contributed by atoms with Crippen LogP contribution in [0, 0.1) is 6.92 Å². The Morgan fingerprint density at radius 1 is 1.36 bits per heavy atom. The second-order valence-electron chi connectivity index (χ2n) is 6.38. The number of aromatic nitrogens is 2. The molecule has 1 aliphatic heterocycles. The second kappa shape index (κ2) is 9.05. The molecule has 0 unspecified atom stereocenters. The first-order valence-corrected chi connectivity index (χ1v) is 8.77. The molecule has 0 atom stereocenters. The molecule has 1 aromatic heterocycles.